The van der Waals surface area contributed by atoms with E-state index in [2.05, 4.69) is 19.3 Å². The molecule has 23 heavy (non-hydrogen) atoms. The SMILES string of the molecule is [2H]C([2H])([2H])c1ccc(-c2cc(C([2H])([2H])C(C)(C)C)c([Si](C)C)c[n+]2C)c(C)c1. The Bertz CT molecular complexity index is 880. The fourth-order valence-corrected chi connectivity index (χ4v) is 3.90. The zero-order chi connectivity index (χ0) is 21.7. The Balaban J connectivity index is 2.76. The first kappa shape index (κ1) is 12.0. The summed E-state index contributed by atoms with van der Waals surface area (Å²) in [6, 6.07) is 7.17. The van der Waals surface area contributed by atoms with Gasteiger partial charge in [0.25, 0.3) is 0 Å². The molecular weight excluding hydrogens is 294 g/mol. The number of pyridine rings is 1. The lowest BCUT2D eigenvalue weighted by molar-refractivity contribution is -0.659. The predicted octanol–water partition coefficient (Wildman–Crippen LogP) is 4.34. The van der Waals surface area contributed by atoms with E-state index < -0.39 is 27.4 Å². The molecule has 0 saturated heterocycles. The second kappa shape index (κ2) is 6.60. The van der Waals surface area contributed by atoms with E-state index >= 15 is 0 Å². The number of benzene rings is 1. The topological polar surface area (TPSA) is 3.88 Å². The Morgan fingerprint density at radius 3 is 2.43 bits per heavy atom. The molecule has 0 saturated carbocycles. The van der Waals surface area contributed by atoms with Crippen LogP contribution in [0.2, 0.25) is 13.1 Å². The smallest absolute Gasteiger partial charge is 0.201 e. The highest BCUT2D eigenvalue weighted by atomic mass is 28.3. The van der Waals surface area contributed by atoms with E-state index in [1.165, 1.54) is 0 Å². The molecule has 0 amide bonds. The number of hydrogen-bond acceptors (Lipinski definition) is 0. The van der Waals surface area contributed by atoms with Crippen molar-refractivity contribution in [1.29, 1.82) is 0 Å². The Hall–Kier alpha value is -1.41. The van der Waals surface area contributed by atoms with Crippen molar-refractivity contribution in [3.05, 3.63) is 47.2 Å². The molecule has 0 fully saturated rings. The zero-order valence-corrected chi connectivity index (χ0v) is 16.3. The summed E-state index contributed by atoms with van der Waals surface area (Å²) < 4.78 is 42.6. The third kappa shape index (κ3) is 4.32. The molecule has 0 aliphatic rings. The van der Waals surface area contributed by atoms with Gasteiger partial charge in [-0.15, -0.1) is 0 Å². The molecule has 1 nitrogen and oxygen atoms in total. The van der Waals surface area contributed by atoms with Crippen LogP contribution in [0.5, 0.6) is 0 Å². The van der Waals surface area contributed by atoms with Crippen LogP contribution in [0.3, 0.4) is 0 Å². The molecule has 2 heteroatoms. The second-order valence-electron chi connectivity index (χ2n) is 7.50. The summed E-state index contributed by atoms with van der Waals surface area (Å²) in [7, 11) is 1.09. The molecule has 0 bridgehead atoms. The number of aromatic nitrogens is 1. The van der Waals surface area contributed by atoms with E-state index in [1.807, 2.05) is 51.4 Å². The second-order valence-corrected chi connectivity index (χ2v) is 10.0. The van der Waals surface area contributed by atoms with E-state index in [0.29, 0.717) is 5.56 Å². The van der Waals surface area contributed by atoms with Gasteiger partial charge in [-0.2, -0.15) is 0 Å². The average Bonchev–Trinajstić information content (AvgIpc) is 2.52. The highest BCUT2D eigenvalue weighted by Gasteiger charge is 2.22. The number of nitrogens with zero attached hydrogens (tertiary/aromatic N) is 1. The van der Waals surface area contributed by atoms with Crippen LogP contribution < -0.4 is 9.75 Å². The molecule has 0 unspecified atom stereocenters. The van der Waals surface area contributed by atoms with Gasteiger partial charge in [-0.1, -0.05) is 51.6 Å². The lowest BCUT2D eigenvalue weighted by Crippen LogP contribution is -2.41. The fraction of sp³-hybridized carbons (Fsp3) is 0.476. The molecular formula is C21H31NSi+. The van der Waals surface area contributed by atoms with E-state index in [-0.39, 0.29) is 0 Å². The Morgan fingerprint density at radius 2 is 1.91 bits per heavy atom. The van der Waals surface area contributed by atoms with E-state index in [0.717, 1.165) is 27.6 Å². The monoisotopic (exact) mass is 330 g/mol. The van der Waals surface area contributed by atoms with Crippen LogP contribution in [-0.4, -0.2) is 8.80 Å². The summed E-state index contributed by atoms with van der Waals surface area (Å²) in [6.45, 7) is 9.92. The van der Waals surface area contributed by atoms with Crippen molar-refractivity contribution in [2.45, 2.75) is 54.0 Å². The van der Waals surface area contributed by atoms with Gasteiger partial charge in [0.05, 0.1) is 8.80 Å². The van der Waals surface area contributed by atoms with Gasteiger partial charge < -0.3 is 0 Å². The lowest BCUT2D eigenvalue weighted by atomic mass is 9.87. The molecule has 0 aliphatic heterocycles. The Morgan fingerprint density at radius 1 is 1.22 bits per heavy atom. The molecule has 2 rings (SSSR count). The molecule has 1 radical (unpaired) electrons. The van der Waals surface area contributed by atoms with Gasteiger partial charge >= 0.3 is 0 Å². The van der Waals surface area contributed by atoms with Crippen molar-refractivity contribution in [2.75, 3.05) is 0 Å². The van der Waals surface area contributed by atoms with E-state index in [4.69, 9.17) is 6.85 Å². The standard InChI is InChI=1S/C21H31NSi/c1-15-9-10-18(16(2)11-15)19-12-17(13-21(3,4)5)20(23(7)8)14-22(19)6/h9-12,14H,13H2,1-8H3/q+1/i1D3,13D2. The molecule has 2 aromatic rings. The number of hydrogen-bond donors (Lipinski definition) is 0. The number of aryl methyl sites for hydroxylation is 3. The van der Waals surface area contributed by atoms with E-state index in [1.54, 1.807) is 12.1 Å². The first-order chi connectivity index (χ1) is 12.6. The van der Waals surface area contributed by atoms with Crippen LogP contribution >= 0.6 is 0 Å². The van der Waals surface area contributed by atoms with Crippen molar-refractivity contribution in [1.82, 2.24) is 0 Å². The van der Waals surface area contributed by atoms with Crippen LogP contribution in [-0.2, 0) is 13.4 Å². The van der Waals surface area contributed by atoms with Gasteiger partial charge in [-0.3, -0.25) is 0 Å². The van der Waals surface area contributed by atoms with E-state index in [9.17, 15) is 0 Å². The quantitative estimate of drug-likeness (QED) is 0.582. The maximum atomic E-state index is 8.85. The molecule has 0 N–H and O–H groups in total. The Kier molecular flexibility index (Phi) is 3.45. The van der Waals surface area contributed by atoms with Crippen LogP contribution in [0, 0.1) is 19.2 Å². The molecule has 1 heterocycles. The summed E-state index contributed by atoms with van der Waals surface area (Å²) in [4.78, 5) is 0. The number of rotatable bonds is 3. The largest absolute Gasteiger partial charge is 0.212 e. The summed E-state index contributed by atoms with van der Waals surface area (Å²) in [5.41, 5.74) is 3.21. The van der Waals surface area contributed by atoms with Crippen LogP contribution in [0.1, 0.15) is 44.3 Å². The van der Waals surface area contributed by atoms with Crippen molar-refractivity contribution in [3.63, 3.8) is 0 Å². The van der Waals surface area contributed by atoms with Gasteiger partial charge in [0, 0.05) is 23.7 Å². The van der Waals surface area contributed by atoms with Crippen molar-refractivity contribution in [2.24, 2.45) is 12.5 Å². The first-order valence-corrected chi connectivity index (χ1v) is 10.5. The zero-order valence-electron chi connectivity index (χ0n) is 20.3. The first-order valence-electron chi connectivity index (χ1n) is 10.5. The third-order valence-corrected chi connectivity index (χ3v) is 5.30. The fourth-order valence-electron chi connectivity index (χ4n) is 2.77. The lowest BCUT2D eigenvalue weighted by Gasteiger charge is -2.21. The normalized spacial score (nSPS) is 16.4. The maximum Gasteiger partial charge on any atom is 0.212 e. The van der Waals surface area contributed by atoms with Gasteiger partial charge in [0.15, 0.2) is 6.20 Å². The average molecular weight is 331 g/mol. The predicted molar refractivity (Wildman–Crippen MR) is 103 cm³/mol. The summed E-state index contributed by atoms with van der Waals surface area (Å²) in [6.07, 6.45) is 0.569. The van der Waals surface area contributed by atoms with Gasteiger partial charge in [0.1, 0.15) is 7.05 Å². The Labute approximate surface area is 151 Å². The molecule has 1 aromatic heterocycles. The van der Waals surface area contributed by atoms with Crippen molar-refractivity contribution < 1.29 is 11.4 Å². The summed E-state index contributed by atoms with van der Waals surface area (Å²) >= 11 is 0. The van der Waals surface area contributed by atoms with Gasteiger partial charge in [-0.05, 0) is 42.8 Å². The summed E-state index contributed by atoms with van der Waals surface area (Å²) in [5.74, 6) is 0. The van der Waals surface area contributed by atoms with Crippen molar-refractivity contribution in [3.8, 4) is 11.3 Å². The van der Waals surface area contributed by atoms with Crippen LogP contribution in [0.25, 0.3) is 11.3 Å². The molecule has 1 aromatic carbocycles. The third-order valence-electron chi connectivity index (χ3n) is 3.82. The molecule has 0 atom stereocenters. The van der Waals surface area contributed by atoms with Gasteiger partial charge in [-0.25, -0.2) is 4.57 Å². The highest BCUT2D eigenvalue weighted by molar-refractivity contribution is 6.71. The minimum atomic E-state index is -2.13. The highest BCUT2D eigenvalue weighted by Crippen LogP contribution is 2.25. The molecule has 0 aliphatic carbocycles. The minimum absolute atomic E-state index is 0.325. The summed E-state index contributed by atoms with van der Waals surface area (Å²) in [5, 5.41) is 1.09. The molecule has 123 valence electrons. The molecule has 0 spiro atoms. The van der Waals surface area contributed by atoms with Crippen LogP contribution in [0.15, 0.2) is 30.5 Å². The maximum absolute atomic E-state index is 8.85. The van der Waals surface area contributed by atoms with Crippen molar-refractivity contribution >= 4 is 14.0 Å². The van der Waals surface area contributed by atoms with Gasteiger partial charge in [0.2, 0.25) is 5.69 Å². The minimum Gasteiger partial charge on any atom is -0.201 e. The van der Waals surface area contributed by atoms with Crippen LogP contribution in [0.4, 0.5) is 0 Å².